The van der Waals surface area contributed by atoms with E-state index < -0.39 is 5.97 Å². The molecule has 0 radical (unpaired) electrons. The molecule has 6 nitrogen and oxygen atoms in total. The minimum atomic E-state index is -0.481. The van der Waals surface area contributed by atoms with E-state index in [2.05, 4.69) is 10.4 Å². The van der Waals surface area contributed by atoms with Gasteiger partial charge in [0.1, 0.15) is 13.2 Å². The molecule has 6 heteroatoms. The van der Waals surface area contributed by atoms with Crippen molar-refractivity contribution in [3.8, 4) is 5.69 Å². The van der Waals surface area contributed by atoms with E-state index in [9.17, 15) is 9.59 Å². The van der Waals surface area contributed by atoms with Crippen molar-refractivity contribution in [1.29, 1.82) is 0 Å². The van der Waals surface area contributed by atoms with Crippen molar-refractivity contribution in [2.45, 2.75) is 13.5 Å². The summed E-state index contributed by atoms with van der Waals surface area (Å²) in [5.41, 5.74) is 3.24. The molecule has 0 unspecified atom stereocenters. The van der Waals surface area contributed by atoms with Gasteiger partial charge in [0.15, 0.2) is 0 Å². The van der Waals surface area contributed by atoms with Crippen molar-refractivity contribution in [2.24, 2.45) is 0 Å². The molecule has 0 aliphatic rings. The number of hydrogen-bond donors (Lipinski definition) is 1. The zero-order valence-corrected chi connectivity index (χ0v) is 14.4. The Bertz CT molecular complexity index is 886. The van der Waals surface area contributed by atoms with Crippen molar-refractivity contribution in [3.63, 3.8) is 0 Å². The van der Waals surface area contributed by atoms with Gasteiger partial charge in [-0.15, -0.1) is 0 Å². The minimum absolute atomic E-state index is 0.175. The van der Waals surface area contributed by atoms with Gasteiger partial charge in [-0.25, -0.2) is 4.68 Å². The summed E-state index contributed by atoms with van der Waals surface area (Å²) in [5, 5.41) is 6.79. The number of esters is 1. The van der Waals surface area contributed by atoms with Gasteiger partial charge >= 0.3 is 5.97 Å². The smallest absolute Gasteiger partial charge is 0.325 e. The molecule has 132 valence electrons. The van der Waals surface area contributed by atoms with Crippen LogP contribution < -0.4 is 5.32 Å². The summed E-state index contributed by atoms with van der Waals surface area (Å²) in [4.78, 5) is 23.9. The van der Waals surface area contributed by atoms with E-state index in [1.807, 2.05) is 55.5 Å². The first kappa shape index (κ1) is 17.4. The van der Waals surface area contributed by atoms with Crippen LogP contribution in [0, 0.1) is 6.92 Å². The third-order valence-electron chi connectivity index (χ3n) is 3.84. The maximum Gasteiger partial charge on any atom is 0.325 e. The van der Waals surface area contributed by atoms with Gasteiger partial charge in [0.25, 0.3) is 5.91 Å². The first-order valence-electron chi connectivity index (χ1n) is 8.22. The highest BCUT2D eigenvalue weighted by Crippen LogP contribution is 2.11. The molecule has 0 saturated heterocycles. The topological polar surface area (TPSA) is 73.2 Å². The Labute approximate surface area is 151 Å². The Balaban J connectivity index is 1.50. The summed E-state index contributed by atoms with van der Waals surface area (Å²) in [7, 11) is 0. The number of amides is 1. The zero-order valence-electron chi connectivity index (χ0n) is 14.4. The average molecular weight is 349 g/mol. The molecule has 1 N–H and O–H groups in total. The molecule has 2 aromatic carbocycles. The molecule has 0 aliphatic heterocycles. The molecular formula is C20H19N3O3. The predicted octanol–water partition coefficient (Wildman–Crippen LogP) is 2.65. The highest BCUT2D eigenvalue weighted by molar-refractivity contribution is 5.96. The van der Waals surface area contributed by atoms with Crippen molar-refractivity contribution < 1.29 is 14.3 Å². The molecule has 0 atom stereocenters. The summed E-state index contributed by atoms with van der Waals surface area (Å²) < 4.78 is 6.91. The predicted molar refractivity (Wildman–Crippen MR) is 96.9 cm³/mol. The molecule has 3 aromatic rings. The third-order valence-corrected chi connectivity index (χ3v) is 3.84. The van der Waals surface area contributed by atoms with E-state index in [-0.39, 0.29) is 19.1 Å². The molecule has 0 saturated carbocycles. The van der Waals surface area contributed by atoms with Gasteiger partial charge in [-0.05, 0) is 42.8 Å². The largest absolute Gasteiger partial charge is 0.460 e. The van der Waals surface area contributed by atoms with Crippen LogP contribution in [-0.2, 0) is 16.1 Å². The van der Waals surface area contributed by atoms with Gasteiger partial charge in [-0.2, -0.15) is 5.10 Å². The second-order valence-electron chi connectivity index (χ2n) is 5.76. The molecule has 0 spiro atoms. The molecular weight excluding hydrogens is 330 g/mol. The number of carbonyl (C=O) groups is 2. The fourth-order valence-electron chi connectivity index (χ4n) is 2.44. The lowest BCUT2D eigenvalue weighted by Crippen LogP contribution is -2.30. The Morgan fingerprint density at radius 3 is 2.42 bits per heavy atom. The summed E-state index contributed by atoms with van der Waals surface area (Å²) >= 11 is 0. The highest BCUT2D eigenvalue weighted by Gasteiger charge is 2.10. The van der Waals surface area contributed by atoms with E-state index in [4.69, 9.17) is 4.74 Å². The lowest BCUT2D eigenvalue weighted by Gasteiger charge is -2.08. The van der Waals surface area contributed by atoms with Crippen molar-refractivity contribution in [3.05, 3.63) is 83.7 Å². The molecule has 1 heterocycles. The zero-order chi connectivity index (χ0) is 18.4. The van der Waals surface area contributed by atoms with Gasteiger partial charge in [0.2, 0.25) is 0 Å². The Kier molecular flexibility index (Phi) is 5.43. The summed E-state index contributed by atoms with van der Waals surface area (Å²) in [6, 6.07) is 18.3. The lowest BCUT2D eigenvalue weighted by atomic mass is 10.2. The fourth-order valence-corrected chi connectivity index (χ4v) is 2.44. The van der Waals surface area contributed by atoms with E-state index >= 15 is 0 Å². The molecule has 0 aliphatic carbocycles. The number of carbonyl (C=O) groups excluding carboxylic acids is 2. The van der Waals surface area contributed by atoms with Gasteiger partial charge in [0.05, 0.1) is 5.69 Å². The molecule has 3 rings (SSSR count). The maximum atomic E-state index is 12.1. The number of benzene rings is 2. The molecule has 1 amide bonds. The Morgan fingerprint density at radius 2 is 1.77 bits per heavy atom. The third kappa shape index (κ3) is 4.36. The summed E-state index contributed by atoms with van der Waals surface area (Å²) in [6.07, 6.45) is 1.72. The van der Waals surface area contributed by atoms with E-state index in [0.29, 0.717) is 5.56 Å². The number of nitrogens with one attached hydrogen (secondary N) is 1. The van der Waals surface area contributed by atoms with Crippen LogP contribution in [0.2, 0.25) is 0 Å². The average Bonchev–Trinajstić information content (AvgIpc) is 3.11. The first-order valence-corrected chi connectivity index (χ1v) is 8.22. The van der Waals surface area contributed by atoms with Crippen LogP contribution in [0.3, 0.4) is 0 Å². The first-order chi connectivity index (χ1) is 12.6. The normalized spacial score (nSPS) is 10.3. The van der Waals surface area contributed by atoms with Crippen LogP contribution in [0.25, 0.3) is 5.69 Å². The number of aryl methyl sites for hydroxylation is 1. The molecule has 0 fully saturated rings. The van der Waals surface area contributed by atoms with Crippen LogP contribution in [-0.4, -0.2) is 28.2 Å². The van der Waals surface area contributed by atoms with Crippen LogP contribution in [0.4, 0.5) is 0 Å². The standard InChI is InChI=1S/C20H19N3O3/c1-15-11-12-22-23(15)18-9-7-17(8-10-18)20(25)21-13-19(24)26-14-16-5-3-2-4-6-16/h2-12H,13-14H2,1H3,(H,21,25). The maximum absolute atomic E-state index is 12.1. The fraction of sp³-hybridized carbons (Fsp3) is 0.150. The lowest BCUT2D eigenvalue weighted by molar-refractivity contribution is -0.143. The quantitative estimate of drug-likeness (QED) is 0.695. The summed E-state index contributed by atoms with van der Waals surface area (Å²) in [6.45, 7) is 1.97. The number of ether oxygens (including phenoxy) is 1. The SMILES string of the molecule is Cc1ccnn1-c1ccc(C(=O)NCC(=O)OCc2ccccc2)cc1. The van der Waals surface area contributed by atoms with Crippen molar-refractivity contribution >= 4 is 11.9 Å². The molecule has 0 bridgehead atoms. The second-order valence-corrected chi connectivity index (χ2v) is 5.76. The van der Waals surface area contributed by atoms with Crippen LogP contribution in [0.5, 0.6) is 0 Å². The van der Waals surface area contributed by atoms with Crippen molar-refractivity contribution in [1.82, 2.24) is 15.1 Å². The van der Waals surface area contributed by atoms with Gasteiger partial charge < -0.3 is 10.1 Å². The number of nitrogens with zero attached hydrogens (tertiary/aromatic N) is 2. The van der Waals surface area contributed by atoms with Gasteiger partial charge in [-0.3, -0.25) is 9.59 Å². The van der Waals surface area contributed by atoms with E-state index in [0.717, 1.165) is 16.9 Å². The second kappa shape index (κ2) is 8.11. The number of hydrogen-bond acceptors (Lipinski definition) is 4. The Morgan fingerprint density at radius 1 is 1.04 bits per heavy atom. The van der Waals surface area contributed by atoms with Crippen LogP contribution >= 0.6 is 0 Å². The van der Waals surface area contributed by atoms with Gasteiger partial charge in [-0.1, -0.05) is 30.3 Å². The molecule has 26 heavy (non-hydrogen) atoms. The van der Waals surface area contributed by atoms with E-state index in [1.54, 1.807) is 23.0 Å². The number of aromatic nitrogens is 2. The summed E-state index contributed by atoms with van der Waals surface area (Å²) in [5.74, 6) is -0.809. The highest BCUT2D eigenvalue weighted by atomic mass is 16.5. The van der Waals surface area contributed by atoms with Crippen LogP contribution in [0.1, 0.15) is 21.6 Å². The monoisotopic (exact) mass is 349 g/mol. The van der Waals surface area contributed by atoms with Crippen molar-refractivity contribution in [2.75, 3.05) is 6.54 Å². The number of rotatable bonds is 6. The van der Waals surface area contributed by atoms with Gasteiger partial charge in [0, 0.05) is 17.5 Å². The van der Waals surface area contributed by atoms with E-state index in [1.165, 1.54) is 0 Å². The van der Waals surface area contributed by atoms with Crippen LogP contribution in [0.15, 0.2) is 66.9 Å². The molecule has 1 aromatic heterocycles. The minimum Gasteiger partial charge on any atom is -0.460 e. The Hall–Kier alpha value is -3.41.